The van der Waals surface area contributed by atoms with Gasteiger partial charge >= 0.3 is 0 Å². The first-order valence-electron chi connectivity index (χ1n) is 13.3. The number of hydrogen-bond acceptors (Lipinski definition) is 5. The number of aromatic nitrogens is 5. The SMILES string of the molecule is Cc1cc([C@H](C)n2cc(-c3cnn4c3CN(C(=O)C3CC(=O)N(c5cc(Cl)ccc5C)C3)CC4)nn2)ccc1Br. The van der Waals surface area contributed by atoms with Crippen molar-refractivity contribution in [3.8, 4) is 11.3 Å². The molecule has 206 valence electrons. The van der Waals surface area contributed by atoms with E-state index in [1.165, 1.54) is 0 Å². The van der Waals surface area contributed by atoms with E-state index in [1.807, 2.05) is 39.5 Å². The number of benzene rings is 2. The lowest BCUT2D eigenvalue weighted by atomic mass is 10.1. The summed E-state index contributed by atoms with van der Waals surface area (Å²) >= 11 is 9.76. The summed E-state index contributed by atoms with van der Waals surface area (Å²) in [5.41, 5.74) is 6.52. The fourth-order valence-electron chi connectivity index (χ4n) is 5.55. The van der Waals surface area contributed by atoms with Crippen molar-refractivity contribution in [2.24, 2.45) is 5.92 Å². The van der Waals surface area contributed by atoms with Gasteiger partial charge < -0.3 is 9.80 Å². The highest BCUT2D eigenvalue weighted by Gasteiger charge is 2.39. The highest BCUT2D eigenvalue weighted by Crippen LogP contribution is 2.33. The van der Waals surface area contributed by atoms with Gasteiger partial charge in [-0.05, 0) is 55.7 Å². The predicted octanol–water partition coefficient (Wildman–Crippen LogP) is 5.18. The maximum Gasteiger partial charge on any atom is 0.228 e. The van der Waals surface area contributed by atoms with Crippen LogP contribution in [-0.4, -0.2) is 54.6 Å². The fourth-order valence-corrected chi connectivity index (χ4v) is 5.97. The molecule has 11 heteroatoms. The Bertz CT molecular complexity index is 1630. The van der Waals surface area contributed by atoms with Crippen LogP contribution in [0.15, 0.2) is 53.3 Å². The number of carbonyl (C=O) groups excluding carboxylic acids is 2. The minimum Gasteiger partial charge on any atom is -0.335 e. The van der Waals surface area contributed by atoms with E-state index >= 15 is 0 Å². The van der Waals surface area contributed by atoms with E-state index in [-0.39, 0.29) is 24.3 Å². The summed E-state index contributed by atoms with van der Waals surface area (Å²) in [6.45, 7) is 7.98. The average molecular weight is 623 g/mol. The lowest BCUT2D eigenvalue weighted by Crippen LogP contribution is -2.42. The Morgan fingerprint density at radius 3 is 2.75 bits per heavy atom. The molecule has 0 bridgehead atoms. The van der Waals surface area contributed by atoms with Crippen LogP contribution < -0.4 is 4.90 Å². The molecular weight excluding hydrogens is 594 g/mol. The molecule has 2 aliphatic rings. The summed E-state index contributed by atoms with van der Waals surface area (Å²) in [6, 6.07) is 11.8. The monoisotopic (exact) mass is 621 g/mol. The fraction of sp³-hybridized carbons (Fsp3) is 0.345. The molecule has 1 fully saturated rings. The minimum absolute atomic E-state index is 0.00325. The first kappa shape index (κ1) is 26.7. The zero-order valence-electron chi connectivity index (χ0n) is 22.5. The van der Waals surface area contributed by atoms with Gasteiger partial charge in [-0.1, -0.05) is 50.9 Å². The van der Waals surface area contributed by atoms with Crippen molar-refractivity contribution in [1.82, 2.24) is 29.7 Å². The van der Waals surface area contributed by atoms with Crippen molar-refractivity contribution in [2.45, 2.75) is 46.3 Å². The number of halogens is 2. The average Bonchev–Trinajstić information content (AvgIpc) is 3.68. The number of anilines is 1. The molecule has 4 heterocycles. The molecule has 6 rings (SSSR count). The molecule has 2 aromatic heterocycles. The summed E-state index contributed by atoms with van der Waals surface area (Å²) in [4.78, 5) is 30.0. The number of amides is 2. The van der Waals surface area contributed by atoms with E-state index in [0.717, 1.165) is 43.8 Å². The molecule has 1 saturated heterocycles. The zero-order chi connectivity index (χ0) is 28.1. The lowest BCUT2D eigenvalue weighted by Gasteiger charge is -2.30. The Hall–Kier alpha value is -3.50. The van der Waals surface area contributed by atoms with Crippen molar-refractivity contribution in [3.63, 3.8) is 0 Å². The minimum atomic E-state index is -0.403. The second-order valence-corrected chi connectivity index (χ2v) is 11.9. The van der Waals surface area contributed by atoms with Crippen molar-refractivity contribution >= 4 is 45.0 Å². The molecule has 1 unspecified atom stereocenters. The van der Waals surface area contributed by atoms with Crippen LogP contribution in [0.1, 0.15) is 41.8 Å². The molecule has 9 nitrogen and oxygen atoms in total. The number of carbonyl (C=O) groups is 2. The third-order valence-electron chi connectivity index (χ3n) is 7.97. The molecule has 2 aliphatic heterocycles. The lowest BCUT2D eigenvalue weighted by molar-refractivity contribution is -0.137. The Morgan fingerprint density at radius 2 is 1.95 bits per heavy atom. The van der Waals surface area contributed by atoms with E-state index in [2.05, 4.69) is 57.3 Å². The van der Waals surface area contributed by atoms with Gasteiger partial charge in [0.15, 0.2) is 0 Å². The van der Waals surface area contributed by atoms with E-state index in [9.17, 15) is 9.59 Å². The van der Waals surface area contributed by atoms with Gasteiger partial charge in [-0.25, -0.2) is 4.68 Å². The Morgan fingerprint density at radius 1 is 1.12 bits per heavy atom. The number of rotatable bonds is 5. The number of hydrogen-bond donors (Lipinski definition) is 0. The van der Waals surface area contributed by atoms with Crippen molar-refractivity contribution in [1.29, 1.82) is 0 Å². The van der Waals surface area contributed by atoms with Crippen LogP contribution in [-0.2, 0) is 22.7 Å². The highest BCUT2D eigenvalue weighted by molar-refractivity contribution is 9.10. The summed E-state index contributed by atoms with van der Waals surface area (Å²) in [6.07, 6.45) is 3.92. The van der Waals surface area contributed by atoms with Crippen LogP contribution in [0.3, 0.4) is 0 Å². The van der Waals surface area contributed by atoms with Gasteiger partial charge in [0.05, 0.1) is 43.1 Å². The molecule has 0 saturated carbocycles. The van der Waals surface area contributed by atoms with Crippen LogP contribution in [0, 0.1) is 19.8 Å². The molecule has 0 spiro atoms. The van der Waals surface area contributed by atoms with Gasteiger partial charge in [0, 0.05) is 40.3 Å². The van der Waals surface area contributed by atoms with Crippen LogP contribution in [0.4, 0.5) is 5.69 Å². The van der Waals surface area contributed by atoms with Gasteiger partial charge in [0.25, 0.3) is 0 Å². The zero-order valence-corrected chi connectivity index (χ0v) is 24.9. The topological polar surface area (TPSA) is 89.2 Å². The molecule has 2 atom stereocenters. The molecular formula is C29H29BrClN7O2. The summed E-state index contributed by atoms with van der Waals surface area (Å²) < 4.78 is 4.86. The van der Waals surface area contributed by atoms with E-state index in [1.54, 1.807) is 23.2 Å². The van der Waals surface area contributed by atoms with Crippen LogP contribution in [0.25, 0.3) is 11.3 Å². The maximum absolute atomic E-state index is 13.6. The van der Waals surface area contributed by atoms with Crippen LogP contribution >= 0.6 is 27.5 Å². The molecule has 0 aliphatic carbocycles. The normalized spacial score (nSPS) is 17.8. The second-order valence-electron chi connectivity index (χ2n) is 10.6. The van der Waals surface area contributed by atoms with Gasteiger partial charge in [-0.15, -0.1) is 5.10 Å². The summed E-state index contributed by atoms with van der Waals surface area (Å²) in [7, 11) is 0. The third kappa shape index (κ3) is 4.83. The maximum atomic E-state index is 13.6. The largest absolute Gasteiger partial charge is 0.335 e. The standard InChI is InChI=1S/C29H29BrClN7O2/c1-17-4-6-22(31)12-26(17)36-14-21(11-28(36)39)29(40)35-8-9-37-27(16-35)23(13-32-37)25-15-38(34-33-25)19(3)20-5-7-24(30)18(2)10-20/h4-7,10,12-13,15,19,21H,8-9,11,14,16H2,1-3H3/t19-,21?/m0/s1. The molecule has 0 N–H and O–H groups in total. The predicted molar refractivity (Wildman–Crippen MR) is 156 cm³/mol. The van der Waals surface area contributed by atoms with Crippen molar-refractivity contribution in [2.75, 3.05) is 18.0 Å². The Kier molecular flexibility index (Phi) is 7.00. The number of nitrogens with zero attached hydrogens (tertiary/aromatic N) is 7. The van der Waals surface area contributed by atoms with Crippen molar-refractivity contribution in [3.05, 3.63) is 80.7 Å². The van der Waals surface area contributed by atoms with Crippen LogP contribution in [0.5, 0.6) is 0 Å². The second kappa shape index (κ2) is 10.5. The highest BCUT2D eigenvalue weighted by atomic mass is 79.9. The molecule has 2 aromatic carbocycles. The molecule has 0 radical (unpaired) electrons. The first-order chi connectivity index (χ1) is 19.2. The molecule has 2 amide bonds. The van der Waals surface area contributed by atoms with Crippen LogP contribution in [0.2, 0.25) is 5.02 Å². The summed E-state index contributed by atoms with van der Waals surface area (Å²) in [5, 5.41) is 14.0. The molecule has 4 aromatic rings. The van der Waals surface area contributed by atoms with Crippen molar-refractivity contribution < 1.29 is 9.59 Å². The van der Waals surface area contributed by atoms with Gasteiger partial charge in [0.2, 0.25) is 11.8 Å². The molecule has 40 heavy (non-hydrogen) atoms. The van der Waals surface area contributed by atoms with E-state index in [0.29, 0.717) is 31.2 Å². The smallest absolute Gasteiger partial charge is 0.228 e. The van der Waals surface area contributed by atoms with Gasteiger partial charge in [0.1, 0.15) is 5.69 Å². The first-order valence-corrected chi connectivity index (χ1v) is 14.4. The Balaban J connectivity index is 1.19. The third-order valence-corrected chi connectivity index (χ3v) is 9.09. The van der Waals surface area contributed by atoms with E-state index < -0.39 is 5.92 Å². The number of fused-ring (bicyclic) bond motifs is 1. The quantitative estimate of drug-likeness (QED) is 0.306. The van der Waals surface area contributed by atoms with Gasteiger partial charge in [-0.2, -0.15) is 5.10 Å². The van der Waals surface area contributed by atoms with Gasteiger partial charge in [-0.3, -0.25) is 14.3 Å². The summed E-state index contributed by atoms with van der Waals surface area (Å²) in [5.74, 6) is -0.477. The number of aryl methyl sites for hydroxylation is 2. The van der Waals surface area contributed by atoms with E-state index in [4.69, 9.17) is 11.6 Å². The Labute approximate surface area is 245 Å².